The molecule has 0 aliphatic rings. The van der Waals surface area contributed by atoms with Gasteiger partial charge in [-0.05, 0) is 23.8 Å². The molecule has 0 aliphatic heterocycles. The summed E-state index contributed by atoms with van der Waals surface area (Å²) in [6.07, 6.45) is -9.75. The fraction of sp³-hybridized carbons (Fsp3) is 0.200. The van der Waals surface area contributed by atoms with E-state index >= 15 is 0 Å². The van der Waals surface area contributed by atoms with E-state index in [0.717, 1.165) is 12.1 Å². The SMILES string of the molecule is N#CCc1cc(-c2ccccc2OC(F)(F)F)ncc1C(F)(F)F. The zero-order chi connectivity index (χ0) is 18.0. The Balaban J connectivity index is 2.55. The number of nitrogens with zero attached hydrogens (tertiary/aromatic N) is 2. The van der Waals surface area contributed by atoms with Crippen LogP contribution in [0.1, 0.15) is 11.1 Å². The molecule has 0 fully saturated rings. The first-order valence-electron chi connectivity index (χ1n) is 6.40. The Morgan fingerprint density at radius 1 is 1.08 bits per heavy atom. The minimum atomic E-state index is -4.96. The third-order valence-electron chi connectivity index (χ3n) is 2.95. The second kappa shape index (κ2) is 6.39. The van der Waals surface area contributed by atoms with E-state index in [1.807, 2.05) is 0 Å². The summed E-state index contributed by atoms with van der Waals surface area (Å²) in [5.41, 5.74) is -1.78. The largest absolute Gasteiger partial charge is 0.573 e. The van der Waals surface area contributed by atoms with Crippen molar-refractivity contribution >= 4 is 0 Å². The minimum Gasteiger partial charge on any atom is -0.405 e. The van der Waals surface area contributed by atoms with Crippen molar-refractivity contribution in [3.63, 3.8) is 0 Å². The van der Waals surface area contributed by atoms with Crippen LogP contribution in [-0.2, 0) is 12.6 Å². The maximum Gasteiger partial charge on any atom is 0.573 e. The van der Waals surface area contributed by atoms with Crippen molar-refractivity contribution in [3.05, 3.63) is 47.7 Å². The van der Waals surface area contributed by atoms with Crippen molar-refractivity contribution in [1.82, 2.24) is 4.98 Å². The van der Waals surface area contributed by atoms with Gasteiger partial charge in [0, 0.05) is 11.8 Å². The van der Waals surface area contributed by atoms with Crippen LogP contribution in [0.3, 0.4) is 0 Å². The molecule has 0 unspecified atom stereocenters. The van der Waals surface area contributed by atoms with E-state index < -0.39 is 30.3 Å². The van der Waals surface area contributed by atoms with Crippen LogP contribution in [0.25, 0.3) is 11.3 Å². The third-order valence-corrected chi connectivity index (χ3v) is 2.95. The van der Waals surface area contributed by atoms with E-state index in [0.29, 0.717) is 6.20 Å². The van der Waals surface area contributed by atoms with Gasteiger partial charge in [0.25, 0.3) is 0 Å². The number of hydrogen-bond acceptors (Lipinski definition) is 3. The highest BCUT2D eigenvalue weighted by molar-refractivity contribution is 5.68. The van der Waals surface area contributed by atoms with E-state index in [1.54, 1.807) is 6.07 Å². The average Bonchev–Trinajstić information content (AvgIpc) is 2.45. The maximum absolute atomic E-state index is 12.9. The van der Waals surface area contributed by atoms with Gasteiger partial charge >= 0.3 is 12.5 Å². The second-order valence-electron chi connectivity index (χ2n) is 4.60. The Kier molecular flexibility index (Phi) is 4.68. The van der Waals surface area contributed by atoms with Gasteiger partial charge in [0.2, 0.25) is 0 Å². The lowest BCUT2D eigenvalue weighted by Gasteiger charge is -2.15. The summed E-state index contributed by atoms with van der Waals surface area (Å²) in [6.45, 7) is 0. The van der Waals surface area contributed by atoms with Gasteiger partial charge in [0.05, 0.1) is 23.7 Å². The van der Waals surface area contributed by atoms with Crippen LogP contribution in [0.15, 0.2) is 36.5 Å². The highest BCUT2D eigenvalue weighted by Gasteiger charge is 2.35. The van der Waals surface area contributed by atoms with Gasteiger partial charge in [0.1, 0.15) is 5.75 Å². The number of halogens is 6. The van der Waals surface area contributed by atoms with Crippen LogP contribution in [0, 0.1) is 11.3 Å². The van der Waals surface area contributed by atoms with Crippen LogP contribution < -0.4 is 4.74 Å². The normalized spacial score (nSPS) is 11.9. The van der Waals surface area contributed by atoms with Crippen LogP contribution >= 0.6 is 0 Å². The molecule has 126 valence electrons. The lowest BCUT2D eigenvalue weighted by Crippen LogP contribution is -2.17. The maximum atomic E-state index is 12.9. The number of pyridine rings is 1. The summed E-state index contributed by atoms with van der Waals surface area (Å²) in [7, 11) is 0. The number of benzene rings is 1. The molecule has 0 aliphatic carbocycles. The van der Waals surface area contributed by atoms with Crippen molar-refractivity contribution in [2.75, 3.05) is 0 Å². The zero-order valence-electron chi connectivity index (χ0n) is 11.7. The van der Waals surface area contributed by atoms with Gasteiger partial charge in [-0.15, -0.1) is 13.2 Å². The molecule has 0 atom stereocenters. The van der Waals surface area contributed by atoms with Gasteiger partial charge in [-0.25, -0.2) is 0 Å². The Bertz CT molecular complexity index is 777. The van der Waals surface area contributed by atoms with Crippen molar-refractivity contribution in [2.45, 2.75) is 19.0 Å². The van der Waals surface area contributed by atoms with E-state index in [-0.39, 0.29) is 16.8 Å². The van der Waals surface area contributed by atoms with Gasteiger partial charge in [-0.1, -0.05) is 12.1 Å². The van der Waals surface area contributed by atoms with Crippen molar-refractivity contribution < 1.29 is 31.1 Å². The molecule has 0 saturated heterocycles. The first-order chi connectivity index (χ1) is 11.1. The summed E-state index contributed by atoms with van der Waals surface area (Å²) in [5, 5.41) is 8.67. The number of ether oxygens (including phenoxy) is 1. The third kappa shape index (κ3) is 4.16. The van der Waals surface area contributed by atoms with Crippen LogP contribution in [0.2, 0.25) is 0 Å². The molecule has 2 aromatic rings. The van der Waals surface area contributed by atoms with Gasteiger partial charge in [-0.3, -0.25) is 4.98 Å². The Morgan fingerprint density at radius 2 is 1.75 bits per heavy atom. The monoisotopic (exact) mass is 346 g/mol. The Hall–Kier alpha value is -2.76. The fourth-order valence-electron chi connectivity index (χ4n) is 2.02. The molecule has 0 N–H and O–H groups in total. The second-order valence-corrected chi connectivity index (χ2v) is 4.60. The Morgan fingerprint density at radius 3 is 2.33 bits per heavy atom. The van der Waals surface area contributed by atoms with Crippen LogP contribution in [-0.4, -0.2) is 11.3 Å². The van der Waals surface area contributed by atoms with E-state index in [1.165, 1.54) is 18.2 Å². The average molecular weight is 346 g/mol. The summed E-state index contributed by atoms with van der Waals surface area (Å²) in [4.78, 5) is 3.57. The first-order valence-corrected chi connectivity index (χ1v) is 6.40. The van der Waals surface area contributed by atoms with Gasteiger partial charge in [0.15, 0.2) is 0 Å². The number of hydrogen-bond donors (Lipinski definition) is 0. The molecule has 1 aromatic heterocycles. The molecule has 24 heavy (non-hydrogen) atoms. The van der Waals surface area contributed by atoms with E-state index in [4.69, 9.17) is 5.26 Å². The molecule has 0 amide bonds. The number of alkyl halides is 6. The lowest BCUT2D eigenvalue weighted by molar-refractivity contribution is -0.274. The predicted octanol–water partition coefficient (Wildman–Crippen LogP) is 4.73. The molecule has 3 nitrogen and oxygen atoms in total. The van der Waals surface area contributed by atoms with Crippen molar-refractivity contribution in [3.8, 4) is 23.1 Å². The van der Waals surface area contributed by atoms with Gasteiger partial charge in [-0.2, -0.15) is 18.4 Å². The quantitative estimate of drug-likeness (QED) is 0.755. The van der Waals surface area contributed by atoms with Crippen LogP contribution in [0.5, 0.6) is 5.75 Å². The fourth-order valence-corrected chi connectivity index (χ4v) is 2.02. The Labute approximate surface area is 132 Å². The summed E-state index contributed by atoms with van der Waals surface area (Å²) < 4.78 is 79.8. The number of rotatable bonds is 3. The molecule has 1 heterocycles. The highest BCUT2D eigenvalue weighted by Crippen LogP contribution is 2.36. The predicted molar refractivity (Wildman–Crippen MR) is 70.7 cm³/mol. The number of para-hydroxylation sites is 1. The summed E-state index contributed by atoms with van der Waals surface area (Å²) in [5.74, 6) is -0.597. The molecule has 0 spiro atoms. The molecular formula is C15H8F6N2O. The highest BCUT2D eigenvalue weighted by atomic mass is 19.4. The first kappa shape index (κ1) is 17.6. The van der Waals surface area contributed by atoms with Gasteiger partial charge < -0.3 is 4.74 Å². The van der Waals surface area contributed by atoms with Crippen molar-refractivity contribution in [2.24, 2.45) is 0 Å². The van der Waals surface area contributed by atoms with Crippen molar-refractivity contribution in [1.29, 1.82) is 5.26 Å². The summed E-state index contributed by atoms with van der Waals surface area (Å²) >= 11 is 0. The standard InChI is InChI=1S/C15H8F6N2O/c16-14(17,18)11-8-23-12(7-9(11)5-6-22)10-3-1-2-4-13(10)24-15(19,20)21/h1-4,7-8H,5H2. The zero-order valence-corrected chi connectivity index (χ0v) is 11.7. The van der Waals surface area contributed by atoms with E-state index in [9.17, 15) is 26.3 Å². The number of aromatic nitrogens is 1. The van der Waals surface area contributed by atoms with Crippen LogP contribution in [0.4, 0.5) is 26.3 Å². The molecule has 0 saturated carbocycles. The molecule has 9 heteroatoms. The minimum absolute atomic E-state index is 0.136. The molecule has 0 radical (unpaired) electrons. The topological polar surface area (TPSA) is 45.9 Å². The molecule has 0 bridgehead atoms. The molecular weight excluding hydrogens is 338 g/mol. The molecule has 2 rings (SSSR count). The smallest absolute Gasteiger partial charge is 0.405 e. The lowest BCUT2D eigenvalue weighted by atomic mass is 10.0. The molecule has 1 aromatic carbocycles. The summed E-state index contributed by atoms with van der Waals surface area (Å²) in [6, 6.07) is 7.45. The number of nitriles is 1. The van der Waals surface area contributed by atoms with E-state index in [2.05, 4.69) is 9.72 Å².